The molecule has 1 amide bonds. The summed E-state index contributed by atoms with van der Waals surface area (Å²) in [7, 11) is -8.06. The molecule has 0 spiro atoms. The SMILES string of the molecule is CCc1ccc(N(CC(=O)Nc2ccc(S(=O)(=O)Nc3ccc(Cl)cc3Cl)cc2)S(=O)(=O)c2ccc(C)cc2)cc1. The Balaban J connectivity index is 1.53. The van der Waals surface area contributed by atoms with Crippen LogP contribution in [0.2, 0.25) is 10.0 Å². The van der Waals surface area contributed by atoms with E-state index in [1.165, 1.54) is 54.6 Å². The third-order valence-electron chi connectivity index (χ3n) is 6.15. The van der Waals surface area contributed by atoms with E-state index in [0.29, 0.717) is 10.7 Å². The molecule has 0 saturated heterocycles. The number of anilines is 3. The van der Waals surface area contributed by atoms with E-state index in [4.69, 9.17) is 23.2 Å². The predicted octanol–water partition coefficient (Wildman–Crippen LogP) is 6.50. The molecule has 0 aliphatic carbocycles. The van der Waals surface area contributed by atoms with Crippen molar-refractivity contribution in [2.75, 3.05) is 20.9 Å². The average molecular weight is 633 g/mol. The normalized spacial score (nSPS) is 11.6. The zero-order valence-electron chi connectivity index (χ0n) is 22.1. The number of carbonyl (C=O) groups is 1. The van der Waals surface area contributed by atoms with Crippen LogP contribution in [0.1, 0.15) is 18.1 Å². The maximum Gasteiger partial charge on any atom is 0.264 e. The van der Waals surface area contributed by atoms with E-state index < -0.39 is 32.5 Å². The lowest BCUT2D eigenvalue weighted by Gasteiger charge is -2.24. The van der Waals surface area contributed by atoms with Crippen LogP contribution in [0.15, 0.2) is 101 Å². The number of hydrogen-bond donors (Lipinski definition) is 2. The van der Waals surface area contributed by atoms with Crippen LogP contribution in [-0.2, 0) is 31.3 Å². The number of carbonyl (C=O) groups excluding carboxylic acids is 1. The zero-order chi connectivity index (χ0) is 29.8. The second kappa shape index (κ2) is 12.5. The smallest absolute Gasteiger partial charge is 0.264 e. The average Bonchev–Trinajstić information content (AvgIpc) is 2.94. The van der Waals surface area contributed by atoms with Crippen molar-refractivity contribution in [3.63, 3.8) is 0 Å². The molecule has 0 unspecified atom stereocenters. The minimum atomic E-state index is -4.07. The van der Waals surface area contributed by atoms with E-state index in [0.717, 1.165) is 21.9 Å². The van der Waals surface area contributed by atoms with E-state index >= 15 is 0 Å². The fraction of sp³-hybridized carbons (Fsp3) is 0.138. The summed E-state index contributed by atoms with van der Waals surface area (Å²) in [6.45, 7) is 3.34. The number of amides is 1. The molecule has 0 bridgehead atoms. The van der Waals surface area contributed by atoms with Gasteiger partial charge in [0.2, 0.25) is 5.91 Å². The minimum absolute atomic E-state index is 0.0540. The Kier molecular flexibility index (Phi) is 9.28. The van der Waals surface area contributed by atoms with Crippen LogP contribution >= 0.6 is 23.2 Å². The van der Waals surface area contributed by atoms with Gasteiger partial charge in [0.25, 0.3) is 20.0 Å². The Morgan fingerprint density at radius 3 is 2.00 bits per heavy atom. The molecule has 12 heteroatoms. The first-order valence-corrected chi connectivity index (χ1v) is 16.1. The Hall–Kier alpha value is -3.57. The summed E-state index contributed by atoms with van der Waals surface area (Å²) in [4.78, 5) is 13.1. The first-order valence-electron chi connectivity index (χ1n) is 12.4. The summed E-state index contributed by atoms with van der Waals surface area (Å²) in [5.74, 6) is -0.609. The van der Waals surface area contributed by atoms with Crippen molar-refractivity contribution >= 4 is 66.2 Å². The first kappa shape index (κ1) is 30.4. The highest BCUT2D eigenvalue weighted by Gasteiger charge is 2.27. The molecule has 4 aromatic carbocycles. The first-order chi connectivity index (χ1) is 19.4. The highest BCUT2D eigenvalue weighted by molar-refractivity contribution is 7.93. The highest BCUT2D eigenvalue weighted by atomic mass is 35.5. The Morgan fingerprint density at radius 1 is 0.805 bits per heavy atom. The zero-order valence-corrected chi connectivity index (χ0v) is 25.3. The van der Waals surface area contributed by atoms with Crippen LogP contribution < -0.4 is 14.3 Å². The van der Waals surface area contributed by atoms with Gasteiger partial charge in [0, 0.05) is 10.7 Å². The maximum atomic E-state index is 13.6. The summed E-state index contributed by atoms with van der Waals surface area (Å²) < 4.78 is 56.3. The number of sulfonamides is 2. The second-order valence-corrected chi connectivity index (χ2v) is 13.5. The van der Waals surface area contributed by atoms with Crippen LogP contribution in [0.3, 0.4) is 0 Å². The number of hydrogen-bond acceptors (Lipinski definition) is 5. The van der Waals surface area contributed by atoms with Crippen LogP contribution in [0.25, 0.3) is 0 Å². The molecule has 0 fully saturated rings. The van der Waals surface area contributed by atoms with Crippen molar-refractivity contribution < 1.29 is 21.6 Å². The van der Waals surface area contributed by atoms with Crippen molar-refractivity contribution in [3.8, 4) is 0 Å². The van der Waals surface area contributed by atoms with E-state index in [1.807, 2.05) is 26.0 Å². The number of benzene rings is 4. The molecule has 2 N–H and O–H groups in total. The Labute approximate surface area is 250 Å². The van der Waals surface area contributed by atoms with Crippen LogP contribution in [0.4, 0.5) is 17.1 Å². The summed E-state index contributed by atoms with van der Waals surface area (Å²) in [5.41, 5.74) is 2.71. The monoisotopic (exact) mass is 631 g/mol. The summed E-state index contributed by atoms with van der Waals surface area (Å²) >= 11 is 12.0. The minimum Gasteiger partial charge on any atom is -0.325 e. The third kappa shape index (κ3) is 7.39. The van der Waals surface area contributed by atoms with Crippen molar-refractivity contribution in [1.82, 2.24) is 0 Å². The summed E-state index contributed by atoms with van der Waals surface area (Å²) in [6, 6.07) is 23.1. The van der Waals surface area contributed by atoms with Gasteiger partial charge < -0.3 is 5.32 Å². The lowest BCUT2D eigenvalue weighted by molar-refractivity contribution is -0.114. The molecule has 4 rings (SSSR count). The fourth-order valence-electron chi connectivity index (χ4n) is 3.87. The van der Waals surface area contributed by atoms with Crippen molar-refractivity contribution in [2.45, 2.75) is 30.1 Å². The molecule has 0 aliphatic heterocycles. The lowest BCUT2D eigenvalue weighted by atomic mass is 10.1. The standard InChI is InChI=1S/C29H27Cl2N3O5S2/c1-3-21-6-11-24(12-7-21)34(41(38,39)26-13-4-20(2)5-14-26)19-29(35)32-23-9-15-25(16-10-23)40(36,37)33-28-17-8-22(30)18-27(28)31/h4-18,33H,3,19H2,1-2H3,(H,32,35). The molecule has 4 aromatic rings. The van der Waals surface area contributed by atoms with Gasteiger partial charge in [-0.05, 0) is 85.6 Å². The topological polar surface area (TPSA) is 113 Å². The predicted molar refractivity (Wildman–Crippen MR) is 164 cm³/mol. The quantitative estimate of drug-likeness (QED) is 0.207. The largest absolute Gasteiger partial charge is 0.325 e. The van der Waals surface area contributed by atoms with E-state index in [-0.39, 0.29) is 26.2 Å². The third-order valence-corrected chi connectivity index (χ3v) is 9.87. The molecule has 41 heavy (non-hydrogen) atoms. The van der Waals surface area contributed by atoms with Gasteiger partial charge >= 0.3 is 0 Å². The van der Waals surface area contributed by atoms with Crippen molar-refractivity contribution in [2.24, 2.45) is 0 Å². The highest BCUT2D eigenvalue weighted by Crippen LogP contribution is 2.28. The summed E-state index contributed by atoms with van der Waals surface area (Å²) in [5, 5.41) is 3.15. The van der Waals surface area contributed by atoms with Gasteiger partial charge in [-0.3, -0.25) is 13.8 Å². The molecule has 0 saturated carbocycles. The molecule has 0 heterocycles. The number of nitrogens with one attached hydrogen (secondary N) is 2. The molecule has 0 radical (unpaired) electrons. The van der Waals surface area contributed by atoms with Crippen molar-refractivity contribution in [3.05, 3.63) is 112 Å². The van der Waals surface area contributed by atoms with E-state index in [1.54, 1.807) is 24.3 Å². The van der Waals surface area contributed by atoms with Gasteiger partial charge in [-0.2, -0.15) is 0 Å². The molecular weight excluding hydrogens is 605 g/mol. The van der Waals surface area contributed by atoms with Gasteiger partial charge in [0.1, 0.15) is 6.54 Å². The molecule has 0 aliphatic rings. The van der Waals surface area contributed by atoms with Gasteiger partial charge in [0.15, 0.2) is 0 Å². The molecule has 214 valence electrons. The second-order valence-electron chi connectivity index (χ2n) is 9.15. The van der Waals surface area contributed by atoms with Crippen LogP contribution in [0, 0.1) is 6.92 Å². The molecule has 0 atom stereocenters. The van der Waals surface area contributed by atoms with Gasteiger partial charge in [0.05, 0.1) is 26.2 Å². The maximum absolute atomic E-state index is 13.6. The van der Waals surface area contributed by atoms with Gasteiger partial charge in [-0.25, -0.2) is 16.8 Å². The Bertz CT molecular complexity index is 1760. The van der Waals surface area contributed by atoms with E-state index in [2.05, 4.69) is 10.0 Å². The van der Waals surface area contributed by atoms with Gasteiger partial charge in [-0.15, -0.1) is 0 Å². The number of halogens is 2. The van der Waals surface area contributed by atoms with Crippen LogP contribution in [-0.4, -0.2) is 29.3 Å². The van der Waals surface area contributed by atoms with Crippen molar-refractivity contribution in [1.29, 1.82) is 0 Å². The molecule has 8 nitrogen and oxygen atoms in total. The lowest BCUT2D eigenvalue weighted by Crippen LogP contribution is -2.38. The number of aryl methyl sites for hydroxylation is 2. The Morgan fingerprint density at radius 2 is 1.41 bits per heavy atom. The molecule has 0 aromatic heterocycles. The van der Waals surface area contributed by atoms with E-state index in [9.17, 15) is 21.6 Å². The molecular formula is C29H27Cl2N3O5S2. The fourth-order valence-corrected chi connectivity index (χ4v) is 6.89. The number of nitrogens with zero attached hydrogens (tertiary/aromatic N) is 1. The van der Waals surface area contributed by atoms with Gasteiger partial charge in [-0.1, -0.05) is 60.0 Å². The summed E-state index contributed by atoms with van der Waals surface area (Å²) in [6.07, 6.45) is 0.777. The van der Waals surface area contributed by atoms with Crippen LogP contribution in [0.5, 0.6) is 0 Å². The number of rotatable bonds is 10.